The summed E-state index contributed by atoms with van der Waals surface area (Å²) in [6, 6.07) is 0. The molecule has 0 aromatic carbocycles. The van der Waals surface area contributed by atoms with Crippen molar-refractivity contribution in [1.82, 2.24) is 9.97 Å². The van der Waals surface area contributed by atoms with Crippen LogP contribution in [0.2, 0.25) is 10.3 Å². The van der Waals surface area contributed by atoms with E-state index in [2.05, 4.69) is 25.9 Å². The van der Waals surface area contributed by atoms with Gasteiger partial charge in [-0.2, -0.15) is 0 Å². The number of hydrogen-bond donors (Lipinski definition) is 0. The van der Waals surface area contributed by atoms with Gasteiger partial charge >= 0.3 is 0 Å². The molecule has 15 heavy (non-hydrogen) atoms. The van der Waals surface area contributed by atoms with Crippen LogP contribution in [0.15, 0.2) is 4.47 Å². The summed E-state index contributed by atoms with van der Waals surface area (Å²) >= 11 is 15.0. The highest BCUT2D eigenvalue weighted by Gasteiger charge is 2.28. The third kappa shape index (κ3) is 2.61. The van der Waals surface area contributed by atoms with Crippen LogP contribution in [-0.2, 0) is 10.3 Å². The van der Waals surface area contributed by atoms with Crippen LogP contribution in [0.1, 0.15) is 26.1 Å². The first kappa shape index (κ1) is 13.2. The second-order valence-electron chi connectivity index (χ2n) is 3.23. The second kappa shape index (κ2) is 4.95. The zero-order valence-corrected chi connectivity index (χ0v) is 11.7. The molecule has 0 saturated heterocycles. The lowest BCUT2D eigenvalue weighted by Crippen LogP contribution is -2.26. The lowest BCUT2D eigenvalue weighted by Gasteiger charge is -2.25. The Bertz CT molecular complexity index is 346. The monoisotopic (exact) mass is 312 g/mol. The molecule has 1 unspecified atom stereocenters. The fourth-order valence-electron chi connectivity index (χ4n) is 1.02. The standard InChI is InChI=1S/C9H11BrCl2N2O/c1-4-9(2,15-3)8-13-6(11)5(10)7(12)14-8/h4H2,1-3H3. The van der Waals surface area contributed by atoms with E-state index in [0.29, 0.717) is 20.6 Å². The molecule has 0 aliphatic heterocycles. The number of ether oxygens (including phenoxy) is 1. The van der Waals surface area contributed by atoms with Gasteiger partial charge in [-0.3, -0.25) is 0 Å². The first-order valence-corrected chi connectivity index (χ1v) is 5.93. The fraction of sp³-hybridized carbons (Fsp3) is 0.556. The molecule has 0 aliphatic carbocycles. The van der Waals surface area contributed by atoms with Gasteiger partial charge in [0.25, 0.3) is 0 Å². The minimum absolute atomic E-state index is 0.293. The van der Waals surface area contributed by atoms with Crippen LogP contribution >= 0.6 is 39.1 Å². The molecule has 0 saturated carbocycles. The van der Waals surface area contributed by atoms with Crippen LogP contribution in [0.3, 0.4) is 0 Å². The van der Waals surface area contributed by atoms with Crippen molar-refractivity contribution in [1.29, 1.82) is 0 Å². The SMILES string of the molecule is CCC(C)(OC)c1nc(Cl)c(Br)c(Cl)n1. The predicted molar refractivity (Wildman–Crippen MR) is 64.4 cm³/mol. The summed E-state index contributed by atoms with van der Waals surface area (Å²) in [5, 5.41) is 0.587. The van der Waals surface area contributed by atoms with Crippen molar-refractivity contribution in [2.45, 2.75) is 25.9 Å². The fourth-order valence-corrected chi connectivity index (χ4v) is 1.59. The molecule has 6 heteroatoms. The molecule has 84 valence electrons. The number of methoxy groups -OCH3 is 1. The first-order chi connectivity index (χ1) is 6.94. The molecule has 0 fully saturated rings. The lowest BCUT2D eigenvalue weighted by molar-refractivity contribution is -0.00899. The maximum absolute atomic E-state index is 5.90. The maximum Gasteiger partial charge on any atom is 0.163 e. The molecular formula is C9H11BrCl2N2O. The van der Waals surface area contributed by atoms with Gasteiger partial charge in [0.15, 0.2) is 5.82 Å². The van der Waals surface area contributed by atoms with Gasteiger partial charge in [-0.25, -0.2) is 9.97 Å². The Hall–Kier alpha value is 0.1000. The number of hydrogen-bond acceptors (Lipinski definition) is 3. The molecule has 0 aliphatic rings. The highest BCUT2D eigenvalue weighted by Crippen LogP contribution is 2.32. The van der Waals surface area contributed by atoms with Crippen molar-refractivity contribution in [3.8, 4) is 0 Å². The molecule has 0 spiro atoms. The van der Waals surface area contributed by atoms with E-state index in [0.717, 1.165) is 6.42 Å². The van der Waals surface area contributed by atoms with E-state index in [9.17, 15) is 0 Å². The molecule has 3 nitrogen and oxygen atoms in total. The molecule has 0 radical (unpaired) electrons. The van der Waals surface area contributed by atoms with Crippen LogP contribution in [0.25, 0.3) is 0 Å². The quantitative estimate of drug-likeness (QED) is 0.796. The zero-order valence-electron chi connectivity index (χ0n) is 8.64. The number of aromatic nitrogens is 2. The molecule has 1 heterocycles. The van der Waals surface area contributed by atoms with Crippen LogP contribution in [0.5, 0.6) is 0 Å². The van der Waals surface area contributed by atoms with Gasteiger partial charge < -0.3 is 4.74 Å². The van der Waals surface area contributed by atoms with Gasteiger partial charge in [-0.05, 0) is 29.3 Å². The summed E-state index contributed by atoms with van der Waals surface area (Å²) in [6.45, 7) is 3.87. The first-order valence-electron chi connectivity index (χ1n) is 4.38. The predicted octanol–water partition coefficient (Wildman–Crippen LogP) is 3.82. The van der Waals surface area contributed by atoms with Crippen molar-refractivity contribution in [3.05, 3.63) is 20.6 Å². The smallest absolute Gasteiger partial charge is 0.163 e. The van der Waals surface area contributed by atoms with E-state index < -0.39 is 5.60 Å². The van der Waals surface area contributed by atoms with E-state index in [-0.39, 0.29) is 0 Å². The molecule has 0 amide bonds. The van der Waals surface area contributed by atoms with Crippen LogP contribution in [0, 0.1) is 0 Å². The van der Waals surface area contributed by atoms with Crippen molar-refractivity contribution in [3.63, 3.8) is 0 Å². The van der Waals surface area contributed by atoms with E-state index in [1.54, 1.807) is 7.11 Å². The van der Waals surface area contributed by atoms with Crippen molar-refractivity contribution in [2.24, 2.45) is 0 Å². The number of halogens is 3. The number of nitrogens with zero attached hydrogens (tertiary/aromatic N) is 2. The molecular weight excluding hydrogens is 303 g/mol. The van der Waals surface area contributed by atoms with E-state index >= 15 is 0 Å². The van der Waals surface area contributed by atoms with Gasteiger partial charge in [-0.15, -0.1) is 0 Å². The minimum Gasteiger partial charge on any atom is -0.371 e. The molecule has 0 N–H and O–H groups in total. The van der Waals surface area contributed by atoms with Crippen LogP contribution < -0.4 is 0 Å². The lowest BCUT2D eigenvalue weighted by atomic mass is 10.0. The van der Waals surface area contributed by atoms with Gasteiger partial charge in [0.05, 0.1) is 4.47 Å². The normalized spacial score (nSPS) is 15.1. The second-order valence-corrected chi connectivity index (χ2v) is 4.74. The molecule has 1 aromatic heterocycles. The van der Waals surface area contributed by atoms with Gasteiger partial charge in [-0.1, -0.05) is 30.1 Å². The molecule has 1 rings (SSSR count). The van der Waals surface area contributed by atoms with Crippen molar-refractivity contribution in [2.75, 3.05) is 7.11 Å². The molecule has 1 atom stereocenters. The molecule has 1 aromatic rings. The largest absolute Gasteiger partial charge is 0.371 e. The summed E-state index contributed by atoms with van der Waals surface area (Å²) in [4.78, 5) is 8.29. The summed E-state index contributed by atoms with van der Waals surface area (Å²) in [7, 11) is 1.61. The Morgan fingerprint density at radius 3 is 2.13 bits per heavy atom. The van der Waals surface area contributed by atoms with E-state index in [1.807, 2.05) is 13.8 Å². The van der Waals surface area contributed by atoms with Gasteiger partial charge in [0.2, 0.25) is 0 Å². The van der Waals surface area contributed by atoms with E-state index in [1.165, 1.54) is 0 Å². The zero-order chi connectivity index (χ0) is 11.6. The maximum atomic E-state index is 5.90. The number of rotatable bonds is 3. The highest BCUT2D eigenvalue weighted by atomic mass is 79.9. The summed E-state index contributed by atoms with van der Waals surface area (Å²) in [6.07, 6.45) is 0.734. The Morgan fingerprint density at radius 2 is 1.80 bits per heavy atom. The summed E-state index contributed by atoms with van der Waals surface area (Å²) in [5.41, 5.74) is -0.562. The Morgan fingerprint density at radius 1 is 1.33 bits per heavy atom. The third-order valence-electron chi connectivity index (χ3n) is 2.37. The summed E-state index contributed by atoms with van der Waals surface area (Å²) < 4.78 is 5.87. The Labute approximate surface area is 107 Å². The Kier molecular flexibility index (Phi) is 4.35. The Balaban J connectivity index is 3.27. The van der Waals surface area contributed by atoms with Gasteiger partial charge in [0, 0.05) is 7.11 Å². The summed E-state index contributed by atoms with van der Waals surface area (Å²) in [5.74, 6) is 0.491. The molecule has 0 bridgehead atoms. The third-order valence-corrected chi connectivity index (χ3v) is 4.12. The van der Waals surface area contributed by atoms with E-state index in [4.69, 9.17) is 27.9 Å². The van der Waals surface area contributed by atoms with Crippen molar-refractivity contribution >= 4 is 39.1 Å². The average molecular weight is 314 g/mol. The van der Waals surface area contributed by atoms with Crippen LogP contribution in [0.4, 0.5) is 0 Å². The topological polar surface area (TPSA) is 35.0 Å². The average Bonchev–Trinajstić information content (AvgIpc) is 2.24. The van der Waals surface area contributed by atoms with Gasteiger partial charge in [0.1, 0.15) is 15.9 Å². The minimum atomic E-state index is -0.562. The van der Waals surface area contributed by atoms with Crippen molar-refractivity contribution < 1.29 is 4.74 Å². The highest BCUT2D eigenvalue weighted by molar-refractivity contribution is 9.10. The van der Waals surface area contributed by atoms with Crippen LogP contribution in [-0.4, -0.2) is 17.1 Å².